The Bertz CT molecular complexity index is 1740. The molecular weight excluding hydrogens is 540 g/mol. The molecule has 0 N–H and O–H groups in total. The molecule has 0 fully saturated rings. The van der Waals surface area contributed by atoms with Gasteiger partial charge in [0.25, 0.3) is 0 Å². The number of benzene rings is 4. The van der Waals surface area contributed by atoms with Crippen molar-refractivity contribution in [3.05, 3.63) is 129 Å². The molecule has 4 aromatic carbocycles. The molecule has 2 aliphatic carbocycles. The summed E-state index contributed by atoms with van der Waals surface area (Å²) in [5.41, 5.74) is 17.6. The zero-order valence-electron chi connectivity index (χ0n) is 29.1. The van der Waals surface area contributed by atoms with Crippen LogP contribution in [-0.2, 0) is 10.8 Å². The summed E-state index contributed by atoms with van der Waals surface area (Å²) in [6.45, 7) is 20.9. The molecule has 0 aromatic heterocycles. The summed E-state index contributed by atoms with van der Waals surface area (Å²) in [5.74, 6) is 1.48. The number of fused-ring (bicyclic) bond motifs is 2. The quantitative estimate of drug-likeness (QED) is 0.200. The Balaban J connectivity index is 1.31. The third-order valence-corrected chi connectivity index (χ3v) is 10.6. The van der Waals surface area contributed by atoms with Gasteiger partial charge in [-0.05, 0) is 91.6 Å². The van der Waals surface area contributed by atoms with E-state index in [2.05, 4.69) is 159 Å². The number of hydrogen-bond acceptors (Lipinski definition) is 0. The van der Waals surface area contributed by atoms with Crippen molar-refractivity contribution in [3.63, 3.8) is 0 Å². The summed E-state index contributed by atoms with van der Waals surface area (Å²) < 4.78 is 0. The summed E-state index contributed by atoms with van der Waals surface area (Å²) in [4.78, 5) is 0. The Kier molecular flexibility index (Phi) is 8.32. The second-order valence-corrected chi connectivity index (χ2v) is 15.7. The highest BCUT2D eigenvalue weighted by atomic mass is 14.4. The van der Waals surface area contributed by atoms with Crippen molar-refractivity contribution < 1.29 is 0 Å². The van der Waals surface area contributed by atoms with Crippen LogP contribution in [0.2, 0.25) is 0 Å². The molecule has 2 aliphatic rings. The minimum absolute atomic E-state index is 0.162. The van der Waals surface area contributed by atoms with Crippen LogP contribution in [0, 0.1) is 5.92 Å². The van der Waals surface area contributed by atoms with Gasteiger partial charge in [-0.1, -0.05) is 171 Å². The third-order valence-electron chi connectivity index (χ3n) is 10.6. The highest BCUT2D eigenvalue weighted by molar-refractivity contribution is 5.83. The summed E-state index contributed by atoms with van der Waals surface area (Å²) >= 11 is 0. The van der Waals surface area contributed by atoms with Gasteiger partial charge in [0.15, 0.2) is 0 Å². The first kappa shape index (κ1) is 31.3. The minimum atomic E-state index is 0.162. The summed E-state index contributed by atoms with van der Waals surface area (Å²) in [6, 6.07) is 32.6. The van der Waals surface area contributed by atoms with Crippen LogP contribution in [0.5, 0.6) is 0 Å². The van der Waals surface area contributed by atoms with E-state index in [1.54, 1.807) is 11.1 Å². The topological polar surface area (TPSA) is 0 Å². The van der Waals surface area contributed by atoms with Crippen LogP contribution in [0.1, 0.15) is 127 Å². The molecule has 0 nitrogen and oxygen atoms in total. The molecule has 45 heavy (non-hydrogen) atoms. The third kappa shape index (κ3) is 5.90. The first-order chi connectivity index (χ1) is 21.4. The Morgan fingerprint density at radius 3 is 1.47 bits per heavy atom. The second-order valence-electron chi connectivity index (χ2n) is 15.7. The van der Waals surface area contributed by atoms with E-state index in [0.29, 0.717) is 17.8 Å². The monoisotopic (exact) mass is 592 g/mol. The van der Waals surface area contributed by atoms with E-state index in [0.717, 1.165) is 12.8 Å². The summed E-state index contributed by atoms with van der Waals surface area (Å²) in [7, 11) is 0. The fraction of sp³-hybridized carbons (Fsp3) is 0.378. The lowest BCUT2D eigenvalue weighted by Crippen LogP contribution is -2.14. The van der Waals surface area contributed by atoms with Gasteiger partial charge in [-0.3, -0.25) is 0 Å². The van der Waals surface area contributed by atoms with Crippen molar-refractivity contribution in [2.45, 2.75) is 104 Å². The zero-order valence-corrected chi connectivity index (χ0v) is 29.1. The van der Waals surface area contributed by atoms with E-state index in [4.69, 9.17) is 0 Å². The van der Waals surface area contributed by atoms with Gasteiger partial charge < -0.3 is 0 Å². The molecule has 3 atom stereocenters. The molecular formula is C45H52. The molecule has 0 heteroatoms. The van der Waals surface area contributed by atoms with Crippen molar-refractivity contribution in [1.29, 1.82) is 0 Å². The van der Waals surface area contributed by atoms with Gasteiger partial charge in [0.1, 0.15) is 0 Å². The molecule has 0 saturated heterocycles. The van der Waals surface area contributed by atoms with Crippen LogP contribution < -0.4 is 0 Å². The van der Waals surface area contributed by atoms with E-state index in [1.165, 1.54) is 62.1 Å². The van der Waals surface area contributed by atoms with Gasteiger partial charge in [0.2, 0.25) is 0 Å². The van der Waals surface area contributed by atoms with Crippen molar-refractivity contribution in [3.8, 4) is 22.3 Å². The molecule has 0 heterocycles. The average molecular weight is 593 g/mol. The molecule has 0 radical (unpaired) electrons. The van der Waals surface area contributed by atoms with E-state index in [-0.39, 0.29) is 10.8 Å². The Hall–Kier alpha value is -3.64. The van der Waals surface area contributed by atoms with Crippen LogP contribution >= 0.6 is 0 Å². The van der Waals surface area contributed by atoms with Gasteiger partial charge in [-0.2, -0.15) is 0 Å². The van der Waals surface area contributed by atoms with E-state index < -0.39 is 0 Å². The molecule has 4 aromatic rings. The molecule has 0 spiro atoms. The van der Waals surface area contributed by atoms with Crippen LogP contribution in [0.3, 0.4) is 0 Å². The van der Waals surface area contributed by atoms with Crippen molar-refractivity contribution >= 4 is 12.2 Å². The maximum atomic E-state index is 2.53. The predicted octanol–water partition coefficient (Wildman–Crippen LogP) is 13.1. The maximum Gasteiger partial charge on any atom is 0.00835 e. The van der Waals surface area contributed by atoms with Gasteiger partial charge in [-0.15, -0.1) is 0 Å². The maximum absolute atomic E-state index is 2.53. The molecule has 3 unspecified atom stereocenters. The van der Waals surface area contributed by atoms with E-state index in [1.807, 2.05) is 0 Å². The van der Waals surface area contributed by atoms with Gasteiger partial charge in [0.05, 0.1) is 0 Å². The minimum Gasteiger partial charge on any atom is -0.0623 e. The Labute approximate surface area is 273 Å². The lowest BCUT2D eigenvalue weighted by Gasteiger charge is -2.28. The van der Waals surface area contributed by atoms with Crippen LogP contribution in [0.15, 0.2) is 96.1 Å². The lowest BCUT2D eigenvalue weighted by atomic mass is 9.76. The highest BCUT2D eigenvalue weighted by Gasteiger charge is 2.35. The average Bonchev–Trinajstić information content (AvgIpc) is 3.58. The SMILES string of the molecule is CCC1=Cc2c(-c3ccc(C(C)(C)C)cc3)cccc2C1CC(C)C1C(CC)=Cc2c(-c3ccc(C(C)(C)C)cc3)cccc21. The molecule has 0 bridgehead atoms. The largest absolute Gasteiger partial charge is 0.0623 e. The van der Waals surface area contributed by atoms with E-state index in [9.17, 15) is 0 Å². The fourth-order valence-corrected chi connectivity index (χ4v) is 7.96. The lowest BCUT2D eigenvalue weighted by molar-refractivity contribution is 0.441. The van der Waals surface area contributed by atoms with Gasteiger partial charge in [-0.25, -0.2) is 0 Å². The molecule has 0 amide bonds. The molecule has 0 saturated carbocycles. The Morgan fingerprint density at radius 1 is 0.556 bits per heavy atom. The first-order valence-electron chi connectivity index (χ1n) is 17.3. The van der Waals surface area contributed by atoms with Gasteiger partial charge in [0, 0.05) is 11.8 Å². The van der Waals surface area contributed by atoms with Crippen LogP contribution in [0.4, 0.5) is 0 Å². The molecule has 232 valence electrons. The predicted molar refractivity (Wildman–Crippen MR) is 197 cm³/mol. The smallest absolute Gasteiger partial charge is 0.00835 e. The number of allylic oxidation sites excluding steroid dienone is 2. The highest BCUT2D eigenvalue weighted by Crippen LogP contribution is 2.51. The molecule has 0 aliphatic heterocycles. The normalized spacial score (nSPS) is 18.3. The zero-order chi connectivity index (χ0) is 32.1. The van der Waals surface area contributed by atoms with Crippen molar-refractivity contribution in [1.82, 2.24) is 0 Å². The molecule has 6 rings (SSSR count). The van der Waals surface area contributed by atoms with Crippen LogP contribution in [0.25, 0.3) is 34.4 Å². The summed E-state index contributed by atoms with van der Waals surface area (Å²) in [5, 5.41) is 0. The Morgan fingerprint density at radius 2 is 1.00 bits per heavy atom. The van der Waals surface area contributed by atoms with Crippen molar-refractivity contribution in [2.75, 3.05) is 0 Å². The second kappa shape index (κ2) is 11.9. The number of rotatable bonds is 7. The van der Waals surface area contributed by atoms with E-state index >= 15 is 0 Å². The van der Waals surface area contributed by atoms with Crippen molar-refractivity contribution in [2.24, 2.45) is 5.92 Å². The first-order valence-corrected chi connectivity index (χ1v) is 17.3. The summed E-state index contributed by atoms with van der Waals surface area (Å²) in [6.07, 6.45) is 8.42. The fourth-order valence-electron chi connectivity index (χ4n) is 7.96. The van der Waals surface area contributed by atoms with Crippen LogP contribution in [-0.4, -0.2) is 0 Å². The number of hydrogen-bond donors (Lipinski definition) is 0. The van der Waals surface area contributed by atoms with Gasteiger partial charge >= 0.3 is 0 Å². The standard InChI is InChI=1S/C45H52/c1-10-30-27-41-36(32-18-22-34(23-19-32)44(4,5)6)14-12-16-38(41)40(30)26-29(3)43-31(11-2)28-42-37(15-13-17-39(42)43)33-20-24-35(25-21-33)45(7,8)9/h12-25,27-29,40,43H,10-11,26H2,1-9H3.